The molecule has 0 saturated heterocycles. The van der Waals surface area contributed by atoms with E-state index in [2.05, 4.69) is 5.32 Å². The number of nitrogens with zero attached hydrogens (tertiary/aromatic N) is 2. The van der Waals surface area contributed by atoms with E-state index in [0.717, 1.165) is 16.3 Å². The SMILES string of the molecule is CC(C)(C)NC(=O)C(Cc1ccccc1)N(Cc1ccc(F)cc1)C(=O)CN1C(=O)c2cccc3cccc1c23. The number of nitrogens with one attached hydrogen (secondary N) is 1. The molecule has 0 radical (unpaired) electrons. The lowest BCUT2D eigenvalue weighted by Gasteiger charge is -2.34. The molecule has 1 unspecified atom stereocenters. The second kappa shape index (κ2) is 10.9. The molecule has 4 aromatic rings. The van der Waals surface area contributed by atoms with Crippen molar-refractivity contribution in [3.63, 3.8) is 0 Å². The van der Waals surface area contributed by atoms with Crippen molar-refractivity contribution in [3.8, 4) is 0 Å². The number of benzene rings is 4. The highest BCUT2D eigenvalue weighted by Gasteiger charge is 2.36. The van der Waals surface area contributed by atoms with Gasteiger partial charge in [-0.2, -0.15) is 0 Å². The van der Waals surface area contributed by atoms with Crippen molar-refractivity contribution in [1.29, 1.82) is 0 Å². The lowest BCUT2D eigenvalue weighted by molar-refractivity contribution is -0.140. The first-order valence-corrected chi connectivity index (χ1v) is 13.3. The highest BCUT2D eigenvalue weighted by molar-refractivity contribution is 6.26. The van der Waals surface area contributed by atoms with Crippen LogP contribution in [0.5, 0.6) is 0 Å². The highest BCUT2D eigenvalue weighted by Crippen LogP contribution is 2.37. The van der Waals surface area contributed by atoms with Crippen LogP contribution < -0.4 is 10.2 Å². The van der Waals surface area contributed by atoms with Crippen LogP contribution in [0.3, 0.4) is 0 Å². The number of carbonyl (C=O) groups is 3. The van der Waals surface area contributed by atoms with Crippen LogP contribution in [0.4, 0.5) is 10.1 Å². The van der Waals surface area contributed by atoms with E-state index in [1.165, 1.54) is 21.9 Å². The van der Waals surface area contributed by atoms with Crippen LogP contribution in [0.2, 0.25) is 0 Å². The van der Waals surface area contributed by atoms with Gasteiger partial charge in [0.15, 0.2) is 0 Å². The molecule has 1 aliphatic rings. The maximum absolute atomic E-state index is 14.2. The highest BCUT2D eigenvalue weighted by atomic mass is 19.1. The fourth-order valence-corrected chi connectivity index (χ4v) is 5.16. The number of carbonyl (C=O) groups excluding carboxylic acids is 3. The molecule has 6 nitrogen and oxygen atoms in total. The molecule has 1 N–H and O–H groups in total. The smallest absolute Gasteiger partial charge is 0.259 e. The molecule has 1 atom stereocenters. The quantitative estimate of drug-likeness (QED) is 0.323. The van der Waals surface area contributed by atoms with Crippen LogP contribution >= 0.6 is 0 Å². The molecule has 0 aromatic heterocycles. The zero-order valence-electron chi connectivity index (χ0n) is 22.9. The Balaban J connectivity index is 1.52. The lowest BCUT2D eigenvalue weighted by Crippen LogP contribution is -2.56. The third kappa shape index (κ3) is 5.73. The van der Waals surface area contributed by atoms with Crippen molar-refractivity contribution in [2.75, 3.05) is 11.4 Å². The maximum atomic E-state index is 14.2. The van der Waals surface area contributed by atoms with Crippen molar-refractivity contribution < 1.29 is 18.8 Å². The van der Waals surface area contributed by atoms with Crippen LogP contribution in [-0.2, 0) is 22.6 Å². The molecule has 0 saturated carbocycles. The van der Waals surface area contributed by atoms with Crippen LogP contribution in [0, 0.1) is 5.82 Å². The Labute approximate surface area is 233 Å². The summed E-state index contributed by atoms with van der Waals surface area (Å²) >= 11 is 0. The second-order valence-electron chi connectivity index (χ2n) is 11.2. The zero-order valence-corrected chi connectivity index (χ0v) is 22.9. The summed E-state index contributed by atoms with van der Waals surface area (Å²) in [6.07, 6.45) is 0.277. The number of hydrogen-bond acceptors (Lipinski definition) is 3. The molecule has 5 rings (SSSR count). The second-order valence-corrected chi connectivity index (χ2v) is 11.2. The predicted octanol–water partition coefficient (Wildman–Crippen LogP) is 5.49. The molecular formula is C33H32FN3O3. The van der Waals surface area contributed by atoms with Gasteiger partial charge in [-0.1, -0.05) is 66.7 Å². The molecule has 204 valence electrons. The molecule has 0 fully saturated rings. The first-order valence-electron chi connectivity index (χ1n) is 13.3. The molecule has 1 heterocycles. The minimum absolute atomic E-state index is 0.0767. The standard InChI is InChI=1S/C33H32FN3O3/c1-33(2,3)35-31(39)28(19-22-9-5-4-6-10-22)36(20-23-15-17-25(34)18-16-23)29(38)21-37-27-14-8-12-24-11-7-13-26(30(24)27)32(37)40/h4-18,28H,19-21H2,1-3H3,(H,35,39). The normalized spacial score (nSPS) is 13.4. The van der Waals surface area contributed by atoms with E-state index < -0.39 is 11.6 Å². The molecule has 40 heavy (non-hydrogen) atoms. The number of rotatable bonds is 8. The van der Waals surface area contributed by atoms with Gasteiger partial charge in [0.05, 0.1) is 5.69 Å². The van der Waals surface area contributed by atoms with Gasteiger partial charge in [0.25, 0.3) is 5.91 Å². The van der Waals surface area contributed by atoms with Gasteiger partial charge < -0.3 is 10.2 Å². The van der Waals surface area contributed by atoms with Gasteiger partial charge in [-0.3, -0.25) is 19.3 Å². The zero-order chi connectivity index (χ0) is 28.4. The third-order valence-electron chi connectivity index (χ3n) is 6.98. The van der Waals surface area contributed by atoms with Gasteiger partial charge in [-0.15, -0.1) is 0 Å². The van der Waals surface area contributed by atoms with Gasteiger partial charge in [-0.05, 0) is 61.5 Å². The van der Waals surface area contributed by atoms with Crippen LogP contribution in [0.1, 0.15) is 42.3 Å². The summed E-state index contributed by atoms with van der Waals surface area (Å²) in [6.45, 7) is 5.50. The molecule has 3 amide bonds. The fourth-order valence-electron chi connectivity index (χ4n) is 5.16. The van der Waals surface area contributed by atoms with E-state index in [1.54, 1.807) is 18.2 Å². The van der Waals surface area contributed by atoms with Crippen molar-refractivity contribution in [3.05, 3.63) is 114 Å². The summed E-state index contributed by atoms with van der Waals surface area (Å²) in [5.41, 5.74) is 2.26. The maximum Gasteiger partial charge on any atom is 0.259 e. The van der Waals surface area contributed by atoms with E-state index in [9.17, 15) is 18.8 Å². The average molecular weight is 538 g/mol. The monoisotopic (exact) mass is 537 g/mol. The lowest BCUT2D eigenvalue weighted by atomic mass is 10.0. The van der Waals surface area contributed by atoms with Gasteiger partial charge in [0.1, 0.15) is 18.4 Å². The number of amides is 3. The fraction of sp³-hybridized carbons (Fsp3) is 0.242. The summed E-state index contributed by atoms with van der Waals surface area (Å²) in [6, 6.07) is 25.7. The van der Waals surface area contributed by atoms with Gasteiger partial charge >= 0.3 is 0 Å². The molecule has 4 aromatic carbocycles. The minimum atomic E-state index is -0.866. The number of halogens is 1. The van der Waals surface area contributed by atoms with E-state index in [0.29, 0.717) is 16.8 Å². The van der Waals surface area contributed by atoms with Crippen LogP contribution in [-0.4, -0.2) is 40.7 Å². The Morgan fingerprint density at radius 3 is 2.23 bits per heavy atom. The molecule has 7 heteroatoms. The largest absolute Gasteiger partial charge is 0.350 e. The first-order chi connectivity index (χ1) is 19.1. The summed E-state index contributed by atoms with van der Waals surface area (Å²) < 4.78 is 13.7. The van der Waals surface area contributed by atoms with E-state index in [1.807, 2.05) is 81.4 Å². The van der Waals surface area contributed by atoms with Crippen molar-refractivity contribution >= 4 is 34.2 Å². The van der Waals surface area contributed by atoms with Gasteiger partial charge in [0.2, 0.25) is 11.8 Å². The summed E-state index contributed by atoms with van der Waals surface area (Å²) in [5, 5.41) is 4.77. The molecule has 0 spiro atoms. The topological polar surface area (TPSA) is 69.7 Å². The summed E-state index contributed by atoms with van der Waals surface area (Å²) in [7, 11) is 0. The molecule has 0 aliphatic carbocycles. The van der Waals surface area contributed by atoms with Crippen molar-refractivity contribution in [2.24, 2.45) is 0 Å². The Morgan fingerprint density at radius 1 is 0.875 bits per heavy atom. The van der Waals surface area contributed by atoms with Gasteiger partial charge in [-0.25, -0.2) is 4.39 Å². The van der Waals surface area contributed by atoms with E-state index in [4.69, 9.17) is 0 Å². The Morgan fingerprint density at radius 2 is 1.55 bits per heavy atom. The number of hydrogen-bond donors (Lipinski definition) is 1. The Bertz CT molecular complexity index is 1560. The average Bonchev–Trinajstić information content (AvgIpc) is 3.19. The predicted molar refractivity (Wildman–Crippen MR) is 154 cm³/mol. The third-order valence-corrected chi connectivity index (χ3v) is 6.98. The summed E-state index contributed by atoms with van der Waals surface area (Å²) in [4.78, 5) is 44.4. The molecule has 0 bridgehead atoms. The summed E-state index contributed by atoms with van der Waals surface area (Å²) in [5.74, 6) is -1.32. The minimum Gasteiger partial charge on any atom is -0.350 e. The molecular weight excluding hydrogens is 505 g/mol. The van der Waals surface area contributed by atoms with Gasteiger partial charge in [0, 0.05) is 29.5 Å². The molecule has 1 aliphatic heterocycles. The van der Waals surface area contributed by atoms with Crippen LogP contribution in [0.25, 0.3) is 10.8 Å². The Hall–Kier alpha value is -4.52. The first kappa shape index (κ1) is 27.1. The Kier molecular flexibility index (Phi) is 7.39. The van der Waals surface area contributed by atoms with E-state index >= 15 is 0 Å². The van der Waals surface area contributed by atoms with Crippen molar-refractivity contribution in [2.45, 2.75) is 45.3 Å². The van der Waals surface area contributed by atoms with Crippen LogP contribution in [0.15, 0.2) is 91.0 Å². The van der Waals surface area contributed by atoms with E-state index in [-0.39, 0.29) is 43.0 Å². The number of anilines is 1. The van der Waals surface area contributed by atoms with Crippen molar-refractivity contribution in [1.82, 2.24) is 10.2 Å².